The molecule has 3 rings (SSSR count). The molecule has 8 heteroatoms. The van der Waals surface area contributed by atoms with Gasteiger partial charge in [0.25, 0.3) is 15.9 Å². The highest BCUT2D eigenvalue weighted by atomic mass is 79.9. The van der Waals surface area contributed by atoms with E-state index in [1.807, 2.05) is 16.9 Å². The predicted octanol–water partition coefficient (Wildman–Crippen LogP) is 2.74. The van der Waals surface area contributed by atoms with Gasteiger partial charge in [0.2, 0.25) is 0 Å². The van der Waals surface area contributed by atoms with Crippen LogP contribution in [0.5, 0.6) is 11.5 Å². The lowest BCUT2D eigenvalue weighted by atomic mass is 10.2. The Hall–Kier alpha value is -2.32. The van der Waals surface area contributed by atoms with Crippen LogP contribution >= 0.6 is 15.9 Å². The van der Waals surface area contributed by atoms with Gasteiger partial charge >= 0.3 is 0 Å². The lowest BCUT2D eigenvalue weighted by molar-refractivity contribution is -0.114. The van der Waals surface area contributed by atoms with Gasteiger partial charge in [0, 0.05) is 16.6 Å². The maximum absolute atomic E-state index is 12.3. The summed E-state index contributed by atoms with van der Waals surface area (Å²) < 4.78 is 38.3. The number of carbonyl (C=O) groups excluding carboxylic acids is 1. The van der Waals surface area contributed by atoms with Gasteiger partial charge in [-0.15, -0.1) is 0 Å². The Morgan fingerprint density at radius 2 is 1.72 bits per heavy atom. The van der Waals surface area contributed by atoms with Crippen molar-refractivity contribution >= 4 is 37.9 Å². The quantitative estimate of drug-likeness (QED) is 0.764. The summed E-state index contributed by atoms with van der Waals surface area (Å²) in [5.41, 5.74) is 0.773. The molecule has 2 aromatic carbocycles. The second-order valence-electron chi connectivity index (χ2n) is 5.16. The number of halogens is 1. The maximum atomic E-state index is 12.3. The summed E-state index contributed by atoms with van der Waals surface area (Å²) in [5.74, 6) is 0.0800. The fraction of sp³-hybridized carbons (Fsp3) is 0.118. The lowest BCUT2D eigenvalue weighted by Crippen LogP contribution is -2.29. The Balaban J connectivity index is 1.72. The molecule has 0 radical (unpaired) electrons. The molecular formula is C17H14BrNO5S. The predicted molar refractivity (Wildman–Crippen MR) is 95.9 cm³/mol. The monoisotopic (exact) mass is 423 g/mol. The van der Waals surface area contributed by atoms with Crippen LogP contribution in [0.15, 0.2) is 57.9 Å². The van der Waals surface area contributed by atoms with Crippen LogP contribution in [0.2, 0.25) is 0 Å². The highest BCUT2D eigenvalue weighted by molar-refractivity contribution is 9.10. The van der Waals surface area contributed by atoms with Crippen molar-refractivity contribution in [1.29, 1.82) is 0 Å². The molecule has 0 unspecified atom stereocenters. The lowest BCUT2D eigenvalue weighted by Gasteiger charge is -2.18. The minimum atomic E-state index is -4.00. The molecular weight excluding hydrogens is 410 g/mol. The number of hydrogen-bond donors (Lipinski definition) is 1. The first-order chi connectivity index (χ1) is 11.9. The average molecular weight is 424 g/mol. The van der Waals surface area contributed by atoms with Gasteiger partial charge < -0.3 is 9.47 Å². The number of rotatable bonds is 4. The van der Waals surface area contributed by atoms with E-state index in [2.05, 4.69) is 15.9 Å². The normalized spacial score (nSPS) is 13.6. The van der Waals surface area contributed by atoms with Crippen molar-refractivity contribution in [3.05, 3.63) is 58.6 Å². The topological polar surface area (TPSA) is 81.7 Å². The van der Waals surface area contributed by atoms with Crippen LogP contribution in [-0.2, 0) is 14.8 Å². The molecule has 1 aliphatic rings. The molecule has 0 saturated carbocycles. The highest BCUT2D eigenvalue weighted by Gasteiger charge is 2.20. The zero-order chi connectivity index (χ0) is 17.9. The Morgan fingerprint density at radius 3 is 2.44 bits per heavy atom. The molecule has 1 N–H and O–H groups in total. The van der Waals surface area contributed by atoms with E-state index >= 15 is 0 Å². The van der Waals surface area contributed by atoms with Crippen molar-refractivity contribution < 1.29 is 22.7 Å². The first kappa shape index (κ1) is 17.5. The van der Waals surface area contributed by atoms with E-state index in [9.17, 15) is 13.2 Å². The summed E-state index contributed by atoms with van der Waals surface area (Å²) in [7, 11) is -4.00. The van der Waals surface area contributed by atoms with Crippen LogP contribution in [0.1, 0.15) is 5.56 Å². The molecule has 0 aromatic heterocycles. The highest BCUT2D eigenvalue weighted by Crippen LogP contribution is 2.32. The van der Waals surface area contributed by atoms with Crippen LogP contribution in [0.25, 0.3) is 6.08 Å². The van der Waals surface area contributed by atoms with E-state index in [-0.39, 0.29) is 4.90 Å². The Kier molecular flexibility index (Phi) is 5.10. The van der Waals surface area contributed by atoms with E-state index in [0.29, 0.717) is 24.7 Å². The van der Waals surface area contributed by atoms with Gasteiger partial charge in [-0.25, -0.2) is 13.1 Å². The van der Waals surface area contributed by atoms with Crippen LogP contribution in [-0.4, -0.2) is 27.5 Å². The fourth-order valence-corrected chi connectivity index (χ4v) is 3.39. The van der Waals surface area contributed by atoms with Crippen LogP contribution < -0.4 is 14.2 Å². The van der Waals surface area contributed by atoms with Crippen LogP contribution in [0.3, 0.4) is 0 Å². The second-order valence-corrected chi connectivity index (χ2v) is 7.76. The van der Waals surface area contributed by atoms with Crippen molar-refractivity contribution in [2.45, 2.75) is 4.90 Å². The molecule has 0 atom stereocenters. The average Bonchev–Trinajstić information content (AvgIpc) is 2.60. The van der Waals surface area contributed by atoms with Crippen molar-refractivity contribution in [3.63, 3.8) is 0 Å². The third-order valence-electron chi connectivity index (χ3n) is 3.36. The first-order valence-electron chi connectivity index (χ1n) is 7.34. The minimum absolute atomic E-state index is 0.0675. The SMILES string of the molecule is O=C(C=Cc1ccc(Br)cc1)NS(=O)(=O)c1ccc2c(c1)OCCO2. The van der Waals surface area contributed by atoms with Crippen molar-refractivity contribution in [2.24, 2.45) is 0 Å². The first-order valence-corrected chi connectivity index (χ1v) is 9.62. The standard InChI is InChI=1S/C17H14BrNO5S/c18-13-4-1-12(2-5-13)3-8-17(20)19-25(21,22)14-6-7-15-16(11-14)24-10-9-23-15/h1-8,11H,9-10H2,(H,19,20). The van der Waals surface area contributed by atoms with Crippen molar-refractivity contribution in [3.8, 4) is 11.5 Å². The number of hydrogen-bond acceptors (Lipinski definition) is 5. The molecule has 0 aliphatic carbocycles. The molecule has 0 bridgehead atoms. The van der Waals surface area contributed by atoms with Crippen molar-refractivity contribution in [2.75, 3.05) is 13.2 Å². The number of amides is 1. The number of nitrogens with one attached hydrogen (secondary N) is 1. The molecule has 1 aliphatic heterocycles. The smallest absolute Gasteiger partial charge is 0.264 e. The fourth-order valence-electron chi connectivity index (χ4n) is 2.16. The number of fused-ring (bicyclic) bond motifs is 1. The summed E-state index contributed by atoms with van der Waals surface area (Å²) in [4.78, 5) is 11.9. The van der Waals surface area contributed by atoms with Gasteiger partial charge in [0.05, 0.1) is 4.90 Å². The molecule has 25 heavy (non-hydrogen) atoms. The summed E-state index contributed by atoms with van der Waals surface area (Å²) >= 11 is 3.32. The zero-order valence-corrected chi connectivity index (χ0v) is 15.3. The molecule has 0 saturated heterocycles. The summed E-state index contributed by atoms with van der Waals surface area (Å²) in [6, 6.07) is 11.4. The van der Waals surface area contributed by atoms with Gasteiger partial charge in [0.1, 0.15) is 13.2 Å². The van der Waals surface area contributed by atoms with E-state index in [1.165, 1.54) is 30.4 Å². The van der Waals surface area contributed by atoms with Gasteiger partial charge in [-0.05, 0) is 35.9 Å². The molecule has 0 fully saturated rings. The van der Waals surface area contributed by atoms with Gasteiger partial charge in [-0.1, -0.05) is 28.1 Å². The number of benzene rings is 2. The third kappa shape index (κ3) is 4.40. The van der Waals surface area contributed by atoms with Gasteiger partial charge in [-0.2, -0.15) is 0 Å². The summed E-state index contributed by atoms with van der Waals surface area (Å²) in [6.07, 6.45) is 2.69. The van der Waals surface area contributed by atoms with Gasteiger partial charge in [-0.3, -0.25) is 4.79 Å². The summed E-state index contributed by atoms with van der Waals surface area (Å²) in [6.45, 7) is 0.759. The molecule has 2 aromatic rings. The van der Waals surface area contributed by atoms with E-state index in [0.717, 1.165) is 10.0 Å². The molecule has 6 nitrogen and oxygen atoms in total. The molecule has 1 amide bonds. The maximum Gasteiger partial charge on any atom is 0.264 e. The molecule has 130 valence electrons. The van der Waals surface area contributed by atoms with Gasteiger partial charge in [0.15, 0.2) is 11.5 Å². The zero-order valence-electron chi connectivity index (χ0n) is 12.9. The van der Waals surface area contributed by atoms with Crippen molar-refractivity contribution in [1.82, 2.24) is 4.72 Å². The number of ether oxygens (including phenoxy) is 2. The molecule has 0 spiro atoms. The van der Waals surface area contributed by atoms with E-state index in [1.54, 1.807) is 12.1 Å². The van der Waals surface area contributed by atoms with Crippen LogP contribution in [0.4, 0.5) is 0 Å². The van der Waals surface area contributed by atoms with E-state index < -0.39 is 15.9 Å². The molecule has 1 heterocycles. The third-order valence-corrected chi connectivity index (χ3v) is 5.23. The minimum Gasteiger partial charge on any atom is -0.486 e. The van der Waals surface area contributed by atoms with Crippen LogP contribution in [0, 0.1) is 0 Å². The Morgan fingerprint density at radius 1 is 1.04 bits per heavy atom. The number of sulfonamides is 1. The van der Waals surface area contributed by atoms with E-state index in [4.69, 9.17) is 9.47 Å². The summed E-state index contributed by atoms with van der Waals surface area (Å²) in [5, 5.41) is 0. The Labute approximate surface area is 153 Å². The Bertz CT molecular complexity index is 923. The second kappa shape index (κ2) is 7.28. The largest absolute Gasteiger partial charge is 0.486 e. The number of carbonyl (C=O) groups is 1.